The standard InChI is InChI=1S/C11H15N3O4/c1-8(15)18-11-12-9(7-10(16)13(11)2)14-3-5-17-6-4-14/h7H,3-6H2,1-2H3. The maximum atomic E-state index is 11.8. The molecule has 0 aromatic carbocycles. The first-order valence-corrected chi connectivity index (χ1v) is 5.67. The summed E-state index contributed by atoms with van der Waals surface area (Å²) in [7, 11) is 1.51. The van der Waals surface area contributed by atoms with Gasteiger partial charge in [-0.2, -0.15) is 4.98 Å². The predicted octanol–water partition coefficient (Wildman–Crippen LogP) is -0.458. The first kappa shape index (κ1) is 12.6. The molecule has 7 nitrogen and oxygen atoms in total. The van der Waals surface area contributed by atoms with Crippen LogP contribution in [0.25, 0.3) is 0 Å². The molecule has 0 aliphatic carbocycles. The van der Waals surface area contributed by atoms with Gasteiger partial charge in [0, 0.05) is 33.1 Å². The molecular weight excluding hydrogens is 238 g/mol. The van der Waals surface area contributed by atoms with Crippen LogP contribution in [0, 0.1) is 0 Å². The molecule has 0 spiro atoms. The second kappa shape index (κ2) is 5.18. The summed E-state index contributed by atoms with van der Waals surface area (Å²) < 4.78 is 11.3. The Labute approximate surface area is 104 Å². The van der Waals surface area contributed by atoms with Gasteiger partial charge in [-0.05, 0) is 0 Å². The zero-order valence-electron chi connectivity index (χ0n) is 10.4. The fourth-order valence-electron chi connectivity index (χ4n) is 1.68. The molecule has 98 valence electrons. The molecule has 0 N–H and O–H groups in total. The van der Waals surface area contributed by atoms with Crippen molar-refractivity contribution in [3.8, 4) is 6.01 Å². The molecule has 2 heterocycles. The minimum absolute atomic E-state index is 0.0106. The van der Waals surface area contributed by atoms with E-state index in [4.69, 9.17) is 9.47 Å². The van der Waals surface area contributed by atoms with E-state index < -0.39 is 5.97 Å². The molecule has 0 radical (unpaired) electrons. The van der Waals surface area contributed by atoms with E-state index in [0.29, 0.717) is 32.1 Å². The molecule has 1 aromatic heterocycles. The van der Waals surface area contributed by atoms with E-state index in [1.807, 2.05) is 4.90 Å². The lowest BCUT2D eigenvalue weighted by Gasteiger charge is -2.27. The molecule has 7 heteroatoms. The van der Waals surface area contributed by atoms with Crippen LogP contribution in [0.5, 0.6) is 6.01 Å². The van der Waals surface area contributed by atoms with Crippen molar-refractivity contribution in [2.75, 3.05) is 31.2 Å². The summed E-state index contributed by atoms with van der Waals surface area (Å²) in [5, 5.41) is 0. The molecule has 1 aliphatic heterocycles. The molecule has 2 rings (SSSR count). The van der Waals surface area contributed by atoms with Crippen molar-refractivity contribution in [3.05, 3.63) is 16.4 Å². The van der Waals surface area contributed by atoms with Crippen LogP contribution in [0.3, 0.4) is 0 Å². The SMILES string of the molecule is CC(=O)Oc1nc(N2CCOCC2)cc(=O)n1C. The number of carbonyl (C=O) groups is 1. The van der Waals surface area contributed by atoms with Crippen molar-refractivity contribution in [1.82, 2.24) is 9.55 Å². The summed E-state index contributed by atoms with van der Waals surface area (Å²) in [5.74, 6) is 0.00859. The Morgan fingerprint density at radius 3 is 2.72 bits per heavy atom. The van der Waals surface area contributed by atoms with Crippen molar-refractivity contribution in [3.63, 3.8) is 0 Å². The molecule has 1 aromatic rings. The molecule has 0 amide bonds. The first-order chi connectivity index (χ1) is 8.58. The molecule has 1 aliphatic rings. The number of morpholine rings is 1. The lowest BCUT2D eigenvalue weighted by molar-refractivity contribution is -0.132. The molecule has 1 saturated heterocycles. The highest BCUT2D eigenvalue weighted by molar-refractivity contribution is 5.68. The summed E-state index contributed by atoms with van der Waals surface area (Å²) in [6.45, 7) is 3.80. The molecule has 0 unspecified atom stereocenters. The Hall–Kier alpha value is -1.89. The van der Waals surface area contributed by atoms with E-state index in [1.165, 1.54) is 24.6 Å². The van der Waals surface area contributed by atoms with Crippen LogP contribution < -0.4 is 15.2 Å². The Morgan fingerprint density at radius 1 is 1.44 bits per heavy atom. The zero-order chi connectivity index (χ0) is 13.1. The number of hydrogen-bond donors (Lipinski definition) is 0. The molecule has 0 saturated carbocycles. The monoisotopic (exact) mass is 253 g/mol. The van der Waals surface area contributed by atoms with Gasteiger partial charge >= 0.3 is 12.0 Å². The van der Waals surface area contributed by atoms with Gasteiger partial charge in [0.2, 0.25) is 0 Å². The van der Waals surface area contributed by atoms with Gasteiger partial charge in [0.25, 0.3) is 5.56 Å². The van der Waals surface area contributed by atoms with E-state index in [0.717, 1.165) is 0 Å². The highest BCUT2D eigenvalue weighted by Gasteiger charge is 2.16. The van der Waals surface area contributed by atoms with E-state index in [9.17, 15) is 9.59 Å². The average molecular weight is 253 g/mol. The number of esters is 1. The van der Waals surface area contributed by atoms with E-state index >= 15 is 0 Å². The van der Waals surface area contributed by atoms with Crippen LogP contribution in [0.15, 0.2) is 10.9 Å². The van der Waals surface area contributed by atoms with Gasteiger partial charge in [0.1, 0.15) is 5.82 Å². The second-order valence-electron chi connectivity index (χ2n) is 3.99. The third kappa shape index (κ3) is 2.67. The van der Waals surface area contributed by atoms with Crippen LogP contribution in [0.4, 0.5) is 5.82 Å². The van der Waals surface area contributed by atoms with Crippen LogP contribution >= 0.6 is 0 Å². The summed E-state index contributed by atoms with van der Waals surface area (Å²) in [4.78, 5) is 28.8. The normalized spacial score (nSPS) is 15.6. The lowest BCUT2D eigenvalue weighted by atomic mass is 10.4. The van der Waals surface area contributed by atoms with Crippen molar-refractivity contribution >= 4 is 11.8 Å². The number of rotatable bonds is 2. The zero-order valence-corrected chi connectivity index (χ0v) is 10.4. The van der Waals surface area contributed by atoms with E-state index in [2.05, 4.69) is 4.98 Å². The lowest BCUT2D eigenvalue weighted by Crippen LogP contribution is -2.38. The molecule has 0 bridgehead atoms. The summed E-state index contributed by atoms with van der Waals surface area (Å²) in [6, 6.07) is 1.44. The largest absolute Gasteiger partial charge is 0.392 e. The number of nitrogens with zero attached hydrogens (tertiary/aromatic N) is 3. The maximum Gasteiger partial charge on any atom is 0.310 e. The van der Waals surface area contributed by atoms with Crippen molar-refractivity contribution in [2.45, 2.75) is 6.92 Å². The van der Waals surface area contributed by atoms with Gasteiger partial charge in [-0.15, -0.1) is 0 Å². The van der Waals surface area contributed by atoms with Crippen LogP contribution in [0.2, 0.25) is 0 Å². The van der Waals surface area contributed by atoms with Gasteiger partial charge in [0.15, 0.2) is 0 Å². The molecule has 1 fully saturated rings. The fourth-order valence-corrected chi connectivity index (χ4v) is 1.68. The Balaban J connectivity index is 2.33. The van der Waals surface area contributed by atoms with Gasteiger partial charge in [0.05, 0.1) is 13.2 Å². The summed E-state index contributed by atoms with van der Waals surface area (Å²) >= 11 is 0. The molecule has 0 atom stereocenters. The minimum atomic E-state index is -0.503. The Morgan fingerprint density at radius 2 is 2.11 bits per heavy atom. The molecule has 18 heavy (non-hydrogen) atoms. The number of ether oxygens (including phenoxy) is 2. The fraction of sp³-hybridized carbons (Fsp3) is 0.545. The van der Waals surface area contributed by atoms with Gasteiger partial charge in [-0.25, -0.2) is 0 Å². The Kier molecular flexibility index (Phi) is 3.61. The average Bonchev–Trinajstić information content (AvgIpc) is 2.35. The van der Waals surface area contributed by atoms with Crippen molar-refractivity contribution in [2.24, 2.45) is 7.05 Å². The third-order valence-electron chi connectivity index (χ3n) is 2.65. The predicted molar refractivity (Wildman–Crippen MR) is 63.8 cm³/mol. The summed E-state index contributed by atoms with van der Waals surface area (Å²) in [5.41, 5.74) is -0.261. The second-order valence-corrected chi connectivity index (χ2v) is 3.99. The topological polar surface area (TPSA) is 73.7 Å². The minimum Gasteiger partial charge on any atom is -0.392 e. The molecular formula is C11H15N3O4. The van der Waals surface area contributed by atoms with Gasteiger partial charge in [-0.1, -0.05) is 0 Å². The number of aromatic nitrogens is 2. The maximum absolute atomic E-state index is 11.8. The van der Waals surface area contributed by atoms with E-state index in [1.54, 1.807) is 0 Å². The van der Waals surface area contributed by atoms with Crippen LogP contribution in [0.1, 0.15) is 6.92 Å². The number of hydrogen-bond acceptors (Lipinski definition) is 6. The highest BCUT2D eigenvalue weighted by atomic mass is 16.5. The van der Waals surface area contributed by atoms with Gasteiger partial charge < -0.3 is 14.4 Å². The van der Waals surface area contributed by atoms with Crippen molar-refractivity contribution < 1.29 is 14.3 Å². The van der Waals surface area contributed by atoms with Crippen molar-refractivity contribution in [1.29, 1.82) is 0 Å². The third-order valence-corrected chi connectivity index (χ3v) is 2.65. The quantitative estimate of drug-likeness (QED) is 0.664. The van der Waals surface area contributed by atoms with E-state index in [-0.39, 0.29) is 11.6 Å². The smallest absolute Gasteiger partial charge is 0.310 e. The highest BCUT2D eigenvalue weighted by Crippen LogP contribution is 2.14. The number of carbonyl (C=O) groups excluding carboxylic acids is 1. The first-order valence-electron chi connectivity index (χ1n) is 5.67. The Bertz CT molecular complexity index is 506. The van der Waals surface area contributed by atoms with Crippen LogP contribution in [-0.2, 0) is 16.6 Å². The van der Waals surface area contributed by atoms with Crippen LogP contribution in [-0.4, -0.2) is 41.8 Å². The van der Waals surface area contributed by atoms with Gasteiger partial charge in [-0.3, -0.25) is 14.2 Å². The summed E-state index contributed by atoms with van der Waals surface area (Å²) in [6.07, 6.45) is 0. The number of anilines is 1.